The first kappa shape index (κ1) is 34.3. The van der Waals surface area contributed by atoms with Crippen LogP contribution in [0.3, 0.4) is 0 Å². The van der Waals surface area contributed by atoms with Gasteiger partial charge in [0.2, 0.25) is 0 Å². The number of nitrogens with zero attached hydrogens (tertiary/aromatic N) is 5. The lowest BCUT2D eigenvalue weighted by Gasteiger charge is -2.37. The maximum absolute atomic E-state index is 15.0. The second-order valence-corrected chi connectivity index (χ2v) is 11.5. The fourth-order valence-corrected chi connectivity index (χ4v) is 6.06. The Kier molecular flexibility index (Phi) is 10.0. The number of aromatic nitrogens is 2. The lowest BCUT2D eigenvalue weighted by atomic mass is 10.1. The highest BCUT2D eigenvalue weighted by molar-refractivity contribution is 5.50. The van der Waals surface area contributed by atoms with Crippen LogP contribution in [-0.2, 0) is 25.8 Å². The standard InChI is InChI=1S/C33H34F4N6O5/c1-21-30(40-15-13-39(14-16-40)18-22-7-5-8-23(17-22)43(46)47)31(44)42(20-28(38)24-9-3-4-12-29(24)48-2)32(45)41(21)19-25-26(33(35,36)37)10-6-11-27(25)34/h3-12,17,28H,13-16,18-20,38H2,1-2H3/t28-/m1/s1. The molecule has 1 saturated heterocycles. The molecule has 4 aromatic rings. The predicted molar refractivity (Wildman–Crippen MR) is 171 cm³/mol. The molecule has 0 unspecified atom stereocenters. The fourth-order valence-electron chi connectivity index (χ4n) is 6.06. The third-order valence-electron chi connectivity index (χ3n) is 8.53. The molecule has 15 heteroatoms. The molecule has 48 heavy (non-hydrogen) atoms. The first-order valence-electron chi connectivity index (χ1n) is 15.1. The number of anilines is 1. The highest BCUT2D eigenvalue weighted by atomic mass is 19.4. The molecule has 0 radical (unpaired) electrons. The average Bonchev–Trinajstić information content (AvgIpc) is 3.06. The summed E-state index contributed by atoms with van der Waals surface area (Å²) < 4.78 is 64.1. The molecule has 2 heterocycles. The van der Waals surface area contributed by atoms with Gasteiger partial charge < -0.3 is 15.4 Å². The molecule has 0 amide bonds. The molecular formula is C33H34F4N6O5. The first-order valence-corrected chi connectivity index (χ1v) is 15.1. The second-order valence-electron chi connectivity index (χ2n) is 11.5. The van der Waals surface area contributed by atoms with Gasteiger partial charge in [0.15, 0.2) is 0 Å². The monoisotopic (exact) mass is 670 g/mol. The SMILES string of the molecule is COc1ccccc1[C@H](N)Cn1c(=O)c(N2CCN(Cc3cccc([N+](=O)[O-])c3)CC2)c(C)n(Cc2c(F)cccc2C(F)(F)F)c1=O. The van der Waals surface area contributed by atoms with Crippen LogP contribution >= 0.6 is 0 Å². The quantitative estimate of drug-likeness (QED) is 0.149. The van der Waals surface area contributed by atoms with Crippen LogP contribution in [0.25, 0.3) is 0 Å². The van der Waals surface area contributed by atoms with E-state index in [1.54, 1.807) is 41.3 Å². The van der Waals surface area contributed by atoms with Gasteiger partial charge in [-0.2, -0.15) is 13.2 Å². The number of ether oxygens (including phenoxy) is 1. The fraction of sp³-hybridized carbons (Fsp3) is 0.333. The minimum Gasteiger partial charge on any atom is -0.496 e. The van der Waals surface area contributed by atoms with E-state index in [2.05, 4.69) is 0 Å². The minimum atomic E-state index is -4.89. The summed E-state index contributed by atoms with van der Waals surface area (Å²) >= 11 is 0. The van der Waals surface area contributed by atoms with Crippen LogP contribution in [0.15, 0.2) is 76.3 Å². The molecule has 0 spiro atoms. The van der Waals surface area contributed by atoms with Crippen molar-refractivity contribution in [1.82, 2.24) is 14.0 Å². The van der Waals surface area contributed by atoms with Gasteiger partial charge in [-0.25, -0.2) is 9.18 Å². The number of nitro benzene ring substituents is 1. The van der Waals surface area contributed by atoms with Crippen molar-refractivity contribution in [3.63, 3.8) is 0 Å². The van der Waals surface area contributed by atoms with Crippen LogP contribution in [0.1, 0.15) is 34.0 Å². The summed E-state index contributed by atoms with van der Waals surface area (Å²) in [7, 11) is 1.44. The van der Waals surface area contributed by atoms with Gasteiger partial charge in [0, 0.05) is 61.7 Å². The third-order valence-corrected chi connectivity index (χ3v) is 8.53. The minimum absolute atomic E-state index is 0.0283. The Balaban J connectivity index is 1.54. The molecule has 5 rings (SSSR count). The largest absolute Gasteiger partial charge is 0.496 e. The van der Waals surface area contributed by atoms with Crippen LogP contribution < -0.4 is 26.6 Å². The zero-order valence-corrected chi connectivity index (χ0v) is 26.2. The number of methoxy groups -OCH3 is 1. The second kappa shape index (κ2) is 14.0. The molecule has 1 aliphatic heterocycles. The molecule has 1 aromatic heterocycles. The van der Waals surface area contributed by atoms with E-state index >= 15 is 0 Å². The molecule has 3 aromatic carbocycles. The molecule has 254 valence electrons. The molecule has 1 fully saturated rings. The van der Waals surface area contributed by atoms with Gasteiger partial charge in [0.05, 0.1) is 36.7 Å². The Hall–Kier alpha value is -5.02. The molecular weight excluding hydrogens is 636 g/mol. The number of hydrogen-bond acceptors (Lipinski definition) is 8. The molecule has 1 atom stereocenters. The number of hydrogen-bond donors (Lipinski definition) is 1. The topological polar surface area (TPSA) is 129 Å². The van der Waals surface area contributed by atoms with Gasteiger partial charge in [0.1, 0.15) is 17.3 Å². The summed E-state index contributed by atoms with van der Waals surface area (Å²) in [4.78, 5) is 42.6. The molecule has 2 N–H and O–H groups in total. The van der Waals surface area contributed by atoms with Crippen molar-refractivity contribution in [3.05, 3.63) is 131 Å². The predicted octanol–water partition coefficient (Wildman–Crippen LogP) is 4.46. The number of benzene rings is 3. The van der Waals surface area contributed by atoms with Crippen molar-refractivity contribution in [2.24, 2.45) is 5.73 Å². The smallest absolute Gasteiger partial charge is 0.416 e. The van der Waals surface area contributed by atoms with E-state index in [1.165, 1.54) is 26.2 Å². The van der Waals surface area contributed by atoms with Crippen LogP contribution in [0.5, 0.6) is 5.75 Å². The number of nitro groups is 1. The Morgan fingerprint density at radius 1 is 0.958 bits per heavy atom. The van der Waals surface area contributed by atoms with Crippen LogP contribution in [0.4, 0.5) is 28.9 Å². The Morgan fingerprint density at radius 3 is 2.31 bits per heavy atom. The lowest BCUT2D eigenvalue weighted by molar-refractivity contribution is -0.384. The van der Waals surface area contributed by atoms with E-state index in [0.717, 1.165) is 32.9 Å². The maximum Gasteiger partial charge on any atom is 0.416 e. The molecule has 0 bridgehead atoms. The van der Waals surface area contributed by atoms with Crippen LogP contribution in [0, 0.1) is 22.9 Å². The summed E-state index contributed by atoms with van der Waals surface area (Å²) in [5, 5.41) is 11.2. The molecule has 0 saturated carbocycles. The Labute approximate surface area is 272 Å². The summed E-state index contributed by atoms with van der Waals surface area (Å²) in [5.41, 5.74) is 4.27. The number of non-ortho nitro benzene ring substituents is 1. The van der Waals surface area contributed by atoms with Gasteiger partial charge in [-0.1, -0.05) is 36.4 Å². The number of piperazine rings is 1. The number of halogens is 4. The van der Waals surface area contributed by atoms with Crippen LogP contribution in [-0.4, -0.2) is 52.2 Å². The van der Waals surface area contributed by atoms with E-state index < -0.39 is 51.9 Å². The van der Waals surface area contributed by atoms with Crippen molar-refractivity contribution in [2.45, 2.75) is 38.8 Å². The zero-order valence-electron chi connectivity index (χ0n) is 26.2. The van der Waals surface area contributed by atoms with Gasteiger partial charge in [0.25, 0.3) is 11.2 Å². The summed E-state index contributed by atoms with van der Waals surface area (Å²) in [6.07, 6.45) is -4.89. The van der Waals surface area contributed by atoms with Crippen molar-refractivity contribution in [1.29, 1.82) is 0 Å². The molecule has 1 aliphatic rings. The van der Waals surface area contributed by atoms with Crippen molar-refractivity contribution in [2.75, 3.05) is 38.2 Å². The van der Waals surface area contributed by atoms with Crippen molar-refractivity contribution >= 4 is 11.4 Å². The summed E-state index contributed by atoms with van der Waals surface area (Å²) in [6, 6.07) is 14.7. The van der Waals surface area contributed by atoms with Gasteiger partial charge in [-0.15, -0.1) is 0 Å². The molecule has 0 aliphatic carbocycles. The lowest BCUT2D eigenvalue weighted by Crippen LogP contribution is -2.51. The number of rotatable bonds is 10. The molecule has 11 nitrogen and oxygen atoms in total. The highest BCUT2D eigenvalue weighted by Crippen LogP contribution is 2.34. The normalized spacial score (nSPS) is 14.6. The van der Waals surface area contributed by atoms with Crippen molar-refractivity contribution in [3.8, 4) is 5.75 Å². The van der Waals surface area contributed by atoms with E-state index in [0.29, 0.717) is 44.0 Å². The van der Waals surface area contributed by atoms with Crippen LogP contribution in [0.2, 0.25) is 0 Å². The van der Waals surface area contributed by atoms with E-state index in [-0.39, 0.29) is 23.6 Å². The summed E-state index contributed by atoms with van der Waals surface area (Å²) in [6.45, 7) is 2.23. The van der Waals surface area contributed by atoms with Gasteiger partial charge in [-0.05, 0) is 30.7 Å². The highest BCUT2D eigenvalue weighted by Gasteiger charge is 2.35. The average molecular weight is 671 g/mol. The van der Waals surface area contributed by atoms with E-state index in [4.69, 9.17) is 10.5 Å². The van der Waals surface area contributed by atoms with Gasteiger partial charge in [-0.3, -0.25) is 28.9 Å². The van der Waals surface area contributed by atoms with E-state index in [9.17, 15) is 37.3 Å². The van der Waals surface area contributed by atoms with Gasteiger partial charge >= 0.3 is 11.9 Å². The number of alkyl halides is 3. The zero-order chi connectivity index (χ0) is 34.7. The van der Waals surface area contributed by atoms with E-state index in [1.807, 2.05) is 4.90 Å². The Bertz CT molecular complexity index is 1940. The Morgan fingerprint density at radius 2 is 1.65 bits per heavy atom. The third kappa shape index (κ3) is 7.11. The van der Waals surface area contributed by atoms with Crippen molar-refractivity contribution < 1.29 is 27.2 Å². The maximum atomic E-state index is 15.0. The first-order chi connectivity index (χ1) is 22.8. The number of para-hydroxylation sites is 1. The summed E-state index contributed by atoms with van der Waals surface area (Å²) in [5.74, 6) is -0.720. The number of nitrogens with two attached hydrogens (primary N) is 1.